The molecule has 0 bridgehead atoms. The molecule has 4 rings (SSSR count). The molecule has 0 unspecified atom stereocenters. The highest BCUT2D eigenvalue weighted by Crippen LogP contribution is 2.29. The average Bonchev–Trinajstić information content (AvgIpc) is 2.75. The Bertz CT molecular complexity index is 1280. The highest BCUT2D eigenvalue weighted by atomic mass is 35.5. The van der Waals surface area contributed by atoms with E-state index in [-0.39, 0.29) is 18.0 Å². The van der Waals surface area contributed by atoms with Gasteiger partial charge in [-0.05, 0) is 49.4 Å². The molecule has 1 aromatic heterocycles. The van der Waals surface area contributed by atoms with Gasteiger partial charge in [0.05, 0.1) is 16.1 Å². The molecule has 1 heterocycles. The molecule has 0 aliphatic heterocycles. The normalized spacial score (nSPS) is 10.7. The summed E-state index contributed by atoms with van der Waals surface area (Å²) in [4.78, 5) is 25.1. The second kappa shape index (κ2) is 8.39. The fourth-order valence-electron chi connectivity index (χ4n) is 3.11. The predicted octanol–water partition coefficient (Wildman–Crippen LogP) is 4.79. The van der Waals surface area contributed by atoms with Crippen LogP contribution < -0.4 is 15.6 Å². The molecule has 6 nitrogen and oxygen atoms in total. The smallest absolute Gasteiger partial charge is 0.275 e. The Hall–Kier alpha value is -3.64. The van der Waals surface area contributed by atoms with Gasteiger partial charge in [0.25, 0.3) is 5.56 Å². The molecule has 0 fully saturated rings. The summed E-state index contributed by atoms with van der Waals surface area (Å²) in [5.74, 6) is 0.788. The van der Waals surface area contributed by atoms with Crippen LogP contribution in [0.2, 0.25) is 5.02 Å². The number of amides is 1. The van der Waals surface area contributed by atoms with Crippen LogP contribution in [0.5, 0.6) is 11.5 Å². The van der Waals surface area contributed by atoms with Crippen LogP contribution in [0.3, 0.4) is 0 Å². The van der Waals surface area contributed by atoms with Crippen LogP contribution in [-0.4, -0.2) is 15.7 Å². The Labute approximate surface area is 177 Å². The molecule has 1 N–H and O–H groups in total. The molecule has 0 aliphatic carbocycles. The SMILES string of the molecule is Cc1nn(CC(=O)Nc2ccc(Oc3ccccc3Cl)cc2)c(=O)c2ccccc12. The molecule has 3 aromatic carbocycles. The first-order valence-electron chi connectivity index (χ1n) is 9.30. The molecule has 0 saturated carbocycles. The summed E-state index contributed by atoms with van der Waals surface area (Å²) in [6.45, 7) is 1.64. The minimum absolute atomic E-state index is 0.178. The number of carbonyl (C=O) groups excluding carboxylic acids is 1. The van der Waals surface area contributed by atoms with Crippen molar-refractivity contribution in [3.63, 3.8) is 0 Å². The first-order chi connectivity index (χ1) is 14.5. The van der Waals surface area contributed by atoms with Crippen LogP contribution in [0.1, 0.15) is 5.69 Å². The number of carbonyl (C=O) groups is 1. The molecule has 150 valence electrons. The van der Waals surface area contributed by atoms with E-state index in [2.05, 4.69) is 10.4 Å². The molecule has 0 radical (unpaired) electrons. The van der Waals surface area contributed by atoms with Gasteiger partial charge in [-0.1, -0.05) is 41.9 Å². The van der Waals surface area contributed by atoms with Crippen LogP contribution in [0.25, 0.3) is 10.8 Å². The van der Waals surface area contributed by atoms with Gasteiger partial charge in [-0.15, -0.1) is 0 Å². The van der Waals surface area contributed by atoms with Crippen molar-refractivity contribution in [1.82, 2.24) is 9.78 Å². The zero-order valence-electron chi connectivity index (χ0n) is 16.1. The van der Waals surface area contributed by atoms with E-state index in [9.17, 15) is 9.59 Å². The van der Waals surface area contributed by atoms with Gasteiger partial charge >= 0.3 is 0 Å². The van der Waals surface area contributed by atoms with E-state index in [0.29, 0.717) is 33.3 Å². The van der Waals surface area contributed by atoms with Crippen molar-refractivity contribution in [3.8, 4) is 11.5 Å². The van der Waals surface area contributed by atoms with Crippen LogP contribution >= 0.6 is 11.6 Å². The van der Waals surface area contributed by atoms with E-state index < -0.39 is 0 Å². The minimum atomic E-state index is -0.348. The average molecular weight is 420 g/mol. The molecule has 4 aromatic rings. The number of halogens is 1. The monoisotopic (exact) mass is 419 g/mol. The lowest BCUT2D eigenvalue weighted by Crippen LogP contribution is -2.30. The lowest BCUT2D eigenvalue weighted by atomic mass is 10.1. The number of benzene rings is 3. The molecule has 1 amide bonds. The summed E-state index contributed by atoms with van der Waals surface area (Å²) in [6, 6.07) is 21.3. The third-order valence-electron chi connectivity index (χ3n) is 4.55. The Morgan fingerprint density at radius 1 is 1.00 bits per heavy atom. The molecule has 0 saturated heterocycles. The number of hydrogen-bond donors (Lipinski definition) is 1. The van der Waals surface area contributed by atoms with Crippen molar-refractivity contribution in [2.24, 2.45) is 0 Å². The molecule has 0 spiro atoms. The number of nitrogens with one attached hydrogen (secondary N) is 1. The number of rotatable bonds is 5. The number of anilines is 1. The fourth-order valence-corrected chi connectivity index (χ4v) is 3.28. The van der Waals surface area contributed by atoms with Crippen molar-refractivity contribution in [2.45, 2.75) is 13.5 Å². The van der Waals surface area contributed by atoms with Gasteiger partial charge in [-0.2, -0.15) is 5.10 Å². The van der Waals surface area contributed by atoms with Gasteiger partial charge in [0.15, 0.2) is 0 Å². The second-order valence-corrected chi connectivity index (χ2v) is 7.11. The first-order valence-corrected chi connectivity index (χ1v) is 9.68. The number of nitrogens with zero attached hydrogens (tertiary/aromatic N) is 2. The fraction of sp³-hybridized carbons (Fsp3) is 0.0870. The maximum absolute atomic E-state index is 12.6. The van der Waals surface area contributed by atoms with E-state index in [0.717, 1.165) is 5.39 Å². The van der Waals surface area contributed by atoms with Gasteiger partial charge in [-0.25, -0.2) is 4.68 Å². The van der Waals surface area contributed by atoms with Crippen LogP contribution in [-0.2, 0) is 11.3 Å². The van der Waals surface area contributed by atoms with Crippen LogP contribution in [0, 0.1) is 6.92 Å². The van der Waals surface area contributed by atoms with Gasteiger partial charge in [0.2, 0.25) is 5.91 Å². The van der Waals surface area contributed by atoms with Gasteiger partial charge in [0.1, 0.15) is 18.0 Å². The topological polar surface area (TPSA) is 73.2 Å². The van der Waals surface area contributed by atoms with Gasteiger partial charge in [-0.3, -0.25) is 9.59 Å². The van der Waals surface area contributed by atoms with Crippen LogP contribution in [0.4, 0.5) is 5.69 Å². The maximum atomic E-state index is 12.6. The molecule has 7 heteroatoms. The number of aryl methyl sites for hydroxylation is 1. The number of para-hydroxylation sites is 1. The summed E-state index contributed by atoms with van der Waals surface area (Å²) in [5.41, 5.74) is 0.978. The Balaban J connectivity index is 1.46. The lowest BCUT2D eigenvalue weighted by molar-refractivity contribution is -0.117. The van der Waals surface area contributed by atoms with Crippen molar-refractivity contribution in [2.75, 3.05) is 5.32 Å². The number of aromatic nitrogens is 2. The highest BCUT2D eigenvalue weighted by Gasteiger charge is 2.11. The second-order valence-electron chi connectivity index (χ2n) is 6.70. The first kappa shape index (κ1) is 19.7. The Morgan fingerprint density at radius 3 is 2.40 bits per heavy atom. The Morgan fingerprint density at radius 2 is 1.67 bits per heavy atom. The van der Waals surface area contributed by atoms with E-state index in [1.807, 2.05) is 31.2 Å². The van der Waals surface area contributed by atoms with Crippen molar-refractivity contribution in [3.05, 3.63) is 93.9 Å². The quantitative estimate of drug-likeness (QED) is 0.504. The number of fused-ring (bicyclic) bond motifs is 1. The van der Waals surface area contributed by atoms with Crippen molar-refractivity contribution in [1.29, 1.82) is 0 Å². The molecular weight excluding hydrogens is 402 g/mol. The Kier molecular flexibility index (Phi) is 5.50. The summed E-state index contributed by atoms with van der Waals surface area (Å²) in [5, 5.41) is 8.87. The minimum Gasteiger partial charge on any atom is -0.456 e. The van der Waals surface area contributed by atoms with Crippen LogP contribution in [0.15, 0.2) is 77.6 Å². The van der Waals surface area contributed by atoms with E-state index in [1.165, 1.54) is 4.68 Å². The van der Waals surface area contributed by atoms with Crippen molar-refractivity contribution < 1.29 is 9.53 Å². The van der Waals surface area contributed by atoms with E-state index in [1.54, 1.807) is 48.5 Å². The highest BCUT2D eigenvalue weighted by molar-refractivity contribution is 6.32. The largest absolute Gasteiger partial charge is 0.456 e. The van der Waals surface area contributed by atoms with Gasteiger partial charge < -0.3 is 10.1 Å². The summed E-state index contributed by atoms with van der Waals surface area (Å²) >= 11 is 6.10. The van der Waals surface area contributed by atoms with E-state index in [4.69, 9.17) is 16.3 Å². The predicted molar refractivity (Wildman–Crippen MR) is 117 cm³/mol. The van der Waals surface area contributed by atoms with E-state index >= 15 is 0 Å². The third kappa shape index (κ3) is 4.18. The zero-order chi connectivity index (χ0) is 21.1. The lowest BCUT2D eigenvalue weighted by Gasteiger charge is -2.10. The maximum Gasteiger partial charge on any atom is 0.275 e. The standard InChI is InChI=1S/C23H18ClN3O3/c1-15-18-6-2-3-7-19(18)23(29)27(26-15)14-22(28)25-16-10-12-17(13-11-16)30-21-9-5-4-8-20(21)24/h2-13H,14H2,1H3,(H,25,28). The summed E-state index contributed by atoms with van der Waals surface area (Å²) in [6.07, 6.45) is 0. The molecule has 0 aliphatic rings. The molecular formula is C23H18ClN3O3. The van der Waals surface area contributed by atoms with Gasteiger partial charge in [0, 0.05) is 11.1 Å². The number of hydrogen-bond acceptors (Lipinski definition) is 4. The summed E-state index contributed by atoms with van der Waals surface area (Å²) < 4.78 is 6.92. The third-order valence-corrected chi connectivity index (χ3v) is 4.86. The molecule has 0 atom stereocenters. The number of ether oxygens (including phenoxy) is 1. The summed E-state index contributed by atoms with van der Waals surface area (Å²) in [7, 11) is 0. The van der Waals surface area contributed by atoms with Crippen molar-refractivity contribution >= 4 is 34.0 Å². The molecule has 30 heavy (non-hydrogen) atoms. The zero-order valence-corrected chi connectivity index (χ0v) is 16.9.